The molecule has 116 valence electrons. The van der Waals surface area contributed by atoms with Crippen molar-refractivity contribution in [3.63, 3.8) is 0 Å². The van der Waals surface area contributed by atoms with Gasteiger partial charge in [0.1, 0.15) is 12.4 Å². The van der Waals surface area contributed by atoms with Crippen molar-refractivity contribution in [3.05, 3.63) is 54.1 Å². The second-order valence-electron chi connectivity index (χ2n) is 4.77. The van der Waals surface area contributed by atoms with Gasteiger partial charge >= 0.3 is 5.97 Å². The summed E-state index contributed by atoms with van der Waals surface area (Å²) in [4.78, 5) is 11.7. The van der Waals surface area contributed by atoms with Gasteiger partial charge in [-0.05, 0) is 17.7 Å². The lowest BCUT2D eigenvalue weighted by molar-refractivity contribution is -0.154. The van der Waals surface area contributed by atoms with Gasteiger partial charge in [0.15, 0.2) is 6.10 Å². The number of rotatable bonds is 6. The van der Waals surface area contributed by atoms with Crippen LogP contribution in [0.3, 0.4) is 0 Å². The van der Waals surface area contributed by atoms with Crippen LogP contribution in [0.15, 0.2) is 48.5 Å². The summed E-state index contributed by atoms with van der Waals surface area (Å²) in [6.07, 6.45) is -1.33. The number of hydrogen-bond donors (Lipinski definition) is 4. The molecule has 0 spiro atoms. The van der Waals surface area contributed by atoms with Crippen molar-refractivity contribution < 1.29 is 19.7 Å². The maximum absolute atomic E-state index is 11.7. The van der Waals surface area contributed by atoms with E-state index in [-0.39, 0.29) is 18.9 Å². The van der Waals surface area contributed by atoms with Crippen molar-refractivity contribution in [2.45, 2.75) is 12.7 Å². The Morgan fingerprint density at radius 2 is 1.95 bits per heavy atom. The summed E-state index contributed by atoms with van der Waals surface area (Å²) in [7, 11) is 0. The van der Waals surface area contributed by atoms with Crippen molar-refractivity contribution in [2.75, 3.05) is 17.6 Å². The van der Waals surface area contributed by atoms with E-state index < -0.39 is 12.1 Å². The van der Waals surface area contributed by atoms with Gasteiger partial charge < -0.3 is 26.0 Å². The minimum atomic E-state index is -1.33. The number of aliphatic hydroxyl groups is 1. The van der Waals surface area contributed by atoms with Crippen LogP contribution in [0.2, 0.25) is 0 Å². The van der Waals surface area contributed by atoms with Crippen LogP contribution in [0.5, 0.6) is 5.75 Å². The van der Waals surface area contributed by atoms with Gasteiger partial charge in [-0.2, -0.15) is 0 Å². The lowest BCUT2D eigenvalue weighted by Crippen LogP contribution is -2.30. The molecule has 1 atom stereocenters. The van der Waals surface area contributed by atoms with E-state index in [1.807, 2.05) is 30.3 Å². The van der Waals surface area contributed by atoms with Gasteiger partial charge in [0.2, 0.25) is 0 Å². The normalized spacial score (nSPS) is 11.7. The molecule has 0 fully saturated rings. The molecule has 0 saturated carbocycles. The fraction of sp³-hybridized carbons (Fsp3) is 0.188. The summed E-state index contributed by atoms with van der Waals surface area (Å²) in [6.45, 7) is 0.0228. The molecule has 0 aliphatic heterocycles. The highest BCUT2D eigenvalue weighted by molar-refractivity contribution is 5.75. The van der Waals surface area contributed by atoms with Gasteiger partial charge in [-0.25, -0.2) is 4.79 Å². The Balaban J connectivity index is 1.81. The van der Waals surface area contributed by atoms with Crippen molar-refractivity contribution in [2.24, 2.45) is 0 Å². The zero-order valence-corrected chi connectivity index (χ0v) is 11.9. The number of aromatic hydroxyl groups is 1. The van der Waals surface area contributed by atoms with Crippen molar-refractivity contribution in [1.29, 1.82) is 0 Å². The SMILES string of the molecule is Nc1ccc(NCC(O)C(=O)OCc2ccccc2)c(O)c1. The molecule has 0 saturated heterocycles. The van der Waals surface area contributed by atoms with Crippen molar-refractivity contribution in [3.8, 4) is 5.75 Å². The summed E-state index contributed by atoms with van der Waals surface area (Å²) in [5.41, 5.74) is 7.16. The molecule has 0 heterocycles. The molecule has 0 aliphatic rings. The predicted molar refractivity (Wildman–Crippen MR) is 83.3 cm³/mol. The first-order chi connectivity index (χ1) is 10.6. The number of carbonyl (C=O) groups excluding carboxylic acids is 1. The molecule has 0 aromatic heterocycles. The molecule has 6 nitrogen and oxygen atoms in total. The molecule has 22 heavy (non-hydrogen) atoms. The number of nitrogen functional groups attached to an aromatic ring is 1. The number of nitrogens with two attached hydrogens (primary N) is 1. The van der Waals surface area contributed by atoms with Crippen LogP contribution in [0.1, 0.15) is 5.56 Å². The van der Waals surface area contributed by atoms with Crippen LogP contribution in [-0.2, 0) is 16.1 Å². The van der Waals surface area contributed by atoms with Gasteiger partial charge in [0, 0.05) is 11.8 Å². The zero-order chi connectivity index (χ0) is 15.9. The summed E-state index contributed by atoms with van der Waals surface area (Å²) in [6, 6.07) is 13.7. The molecule has 2 aromatic rings. The first-order valence-corrected chi connectivity index (χ1v) is 6.77. The van der Waals surface area contributed by atoms with E-state index in [0.717, 1.165) is 5.56 Å². The van der Waals surface area contributed by atoms with Gasteiger partial charge in [0.05, 0.1) is 12.2 Å². The van der Waals surface area contributed by atoms with Crippen molar-refractivity contribution in [1.82, 2.24) is 0 Å². The maximum Gasteiger partial charge on any atom is 0.337 e. The first-order valence-electron chi connectivity index (χ1n) is 6.77. The Bertz CT molecular complexity index is 631. The number of hydrogen-bond acceptors (Lipinski definition) is 6. The standard InChI is InChI=1S/C16H18N2O4/c17-12-6-7-13(14(19)8-12)18-9-15(20)16(21)22-10-11-4-2-1-3-5-11/h1-8,15,18-20H,9-10,17H2. The Morgan fingerprint density at radius 1 is 1.23 bits per heavy atom. The van der Waals surface area contributed by atoms with Gasteiger partial charge in [-0.1, -0.05) is 30.3 Å². The zero-order valence-electron chi connectivity index (χ0n) is 11.9. The molecular weight excluding hydrogens is 284 g/mol. The number of esters is 1. The van der Waals surface area contributed by atoms with Crippen LogP contribution in [-0.4, -0.2) is 28.8 Å². The molecule has 6 heteroatoms. The van der Waals surface area contributed by atoms with E-state index in [0.29, 0.717) is 11.4 Å². The molecule has 1 unspecified atom stereocenters. The fourth-order valence-electron chi connectivity index (χ4n) is 1.81. The third-order valence-corrected chi connectivity index (χ3v) is 3.00. The number of ether oxygens (including phenoxy) is 1. The quantitative estimate of drug-likeness (QED) is 0.366. The largest absolute Gasteiger partial charge is 0.506 e. The smallest absolute Gasteiger partial charge is 0.337 e. The Morgan fingerprint density at radius 3 is 2.64 bits per heavy atom. The van der Waals surface area contributed by atoms with E-state index in [9.17, 15) is 15.0 Å². The summed E-state index contributed by atoms with van der Waals surface area (Å²) in [5, 5.41) is 22.2. The lowest BCUT2D eigenvalue weighted by Gasteiger charge is -2.13. The molecule has 0 aliphatic carbocycles. The van der Waals surface area contributed by atoms with Crippen LogP contribution in [0, 0.1) is 0 Å². The van der Waals surface area contributed by atoms with E-state index in [4.69, 9.17) is 10.5 Å². The molecule has 5 N–H and O–H groups in total. The molecular formula is C16H18N2O4. The van der Waals surface area contributed by atoms with E-state index in [1.165, 1.54) is 6.07 Å². The highest BCUT2D eigenvalue weighted by atomic mass is 16.5. The molecule has 0 amide bonds. The highest BCUT2D eigenvalue weighted by Gasteiger charge is 2.17. The Kier molecular flexibility index (Phi) is 5.21. The molecule has 0 radical (unpaired) electrons. The average Bonchev–Trinajstić information content (AvgIpc) is 2.52. The second kappa shape index (κ2) is 7.33. The number of phenols is 1. The topological polar surface area (TPSA) is 105 Å². The molecule has 0 bridgehead atoms. The lowest BCUT2D eigenvalue weighted by atomic mass is 10.2. The number of benzene rings is 2. The number of nitrogens with one attached hydrogen (secondary N) is 1. The number of phenolic OH excluding ortho intramolecular Hbond substituents is 1. The summed E-state index contributed by atoms with van der Waals surface area (Å²) >= 11 is 0. The summed E-state index contributed by atoms with van der Waals surface area (Å²) < 4.78 is 5.02. The number of aliphatic hydroxyl groups excluding tert-OH is 1. The second-order valence-corrected chi connectivity index (χ2v) is 4.77. The van der Waals surface area contributed by atoms with Gasteiger partial charge in [-0.3, -0.25) is 0 Å². The van der Waals surface area contributed by atoms with Crippen LogP contribution >= 0.6 is 0 Å². The fourth-order valence-corrected chi connectivity index (χ4v) is 1.81. The minimum absolute atomic E-state index is 0.0511. The van der Waals surface area contributed by atoms with Crippen LogP contribution < -0.4 is 11.1 Å². The van der Waals surface area contributed by atoms with E-state index in [2.05, 4.69) is 5.32 Å². The predicted octanol–water partition coefficient (Wildman–Crippen LogP) is 1.49. The summed E-state index contributed by atoms with van der Waals surface area (Å²) in [5.74, 6) is -0.781. The van der Waals surface area contributed by atoms with Crippen LogP contribution in [0.25, 0.3) is 0 Å². The Hall–Kier alpha value is -2.73. The van der Waals surface area contributed by atoms with E-state index in [1.54, 1.807) is 12.1 Å². The van der Waals surface area contributed by atoms with Gasteiger partial charge in [-0.15, -0.1) is 0 Å². The minimum Gasteiger partial charge on any atom is -0.506 e. The third-order valence-electron chi connectivity index (χ3n) is 3.00. The van der Waals surface area contributed by atoms with Gasteiger partial charge in [0.25, 0.3) is 0 Å². The monoisotopic (exact) mass is 302 g/mol. The van der Waals surface area contributed by atoms with E-state index >= 15 is 0 Å². The van der Waals surface area contributed by atoms with Crippen LogP contribution in [0.4, 0.5) is 11.4 Å². The maximum atomic E-state index is 11.7. The first kappa shape index (κ1) is 15.7. The number of carbonyl (C=O) groups is 1. The van der Waals surface area contributed by atoms with Crippen molar-refractivity contribution >= 4 is 17.3 Å². The average molecular weight is 302 g/mol. The Labute approximate surface area is 128 Å². The molecule has 2 rings (SSSR count). The number of anilines is 2. The molecule has 2 aromatic carbocycles. The third kappa shape index (κ3) is 4.39. The highest BCUT2D eigenvalue weighted by Crippen LogP contribution is 2.25.